The molecule has 1 fully saturated rings. The molecule has 1 aliphatic rings. The molecule has 0 aromatic rings. The normalized spacial score (nSPS) is 23.4. The van der Waals surface area contributed by atoms with Crippen LogP contribution in [0.25, 0.3) is 0 Å². The summed E-state index contributed by atoms with van der Waals surface area (Å²) in [6.45, 7) is 2.25. The Bertz CT molecular complexity index is 77.6. The van der Waals surface area contributed by atoms with Crippen LogP contribution in [-0.4, -0.2) is 37.0 Å². The van der Waals surface area contributed by atoms with Crippen LogP contribution >= 0.6 is 0 Å². The SMILES string of the molecule is CON1CCC(CO)CC1. The van der Waals surface area contributed by atoms with Gasteiger partial charge in [-0.2, -0.15) is 5.06 Å². The molecule has 0 bridgehead atoms. The lowest BCUT2D eigenvalue weighted by Crippen LogP contribution is -2.33. The molecule has 0 aromatic heterocycles. The highest BCUT2D eigenvalue weighted by molar-refractivity contribution is 4.66. The van der Waals surface area contributed by atoms with E-state index in [1.807, 2.05) is 5.06 Å². The summed E-state index contributed by atoms with van der Waals surface area (Å²) >= 11 is 0. The summed E-state index contributed by atoms with van der Waals surface area (Å²) in [5.41, 5.74) is 0. The second-order valence-electron chi connectivity index (χ2n) is 2.74. The van der Waals surface area contributed by atoms with Gasteiger partial charge in [0.15, 0.2) is 0 Å². The van der Waals surface area contributed by atoms with Gasteiger partial charge >= 0.3 is 0 Å². The third-order valence-electron chi connectivity index (χ3n) is 2.09. The number of rotatable bonds is 2. The van der Waals surface area contributed by atoms with E-state index in [4.69, 9.17) is 9.94 Å². The van der Waals surface area contributed by atoms with E-state index in [1.54, 1.807) is 7.11 Å². The fourth-order valence-corrected chi connectivity index (χ4v) is 1.27. The van der Waals surface area contributed by atoms with Crippen molar-refractivity contribution in [1.82, 2.24) is 5.06 Å². The molecule has 0 aliphatic carbocycles. The van der Waals surface area contributed by atoms with Crippen LogP contribution in [0.15, 0.2) is 0 Å². The molecule has 0 atom stereocenters. The maximum atomic E-state index is 8.79. The summed E-state index contributed by atoms with van der Waals surface area (Å²) in [6.07, 6.45) is 2.12. The van der Waals surface area contributed by atoms with Crippen LogP contribution in [0.4, 0.5) is 0 Å². The van der Waals surface area contributed by atoms with E-state index in [-0.39, 0.29) is 0 Å². The van der Waals surface area contributed by atoms with E-state index >= 15 is 0 Å². The lowest BCUT2D eigenvalue weighted by Gasteiger charge is -2.28. The largest absolute Gasteiger partial charge is 0.396 e. The molecule has 3 heteroatoms. The Hall–Kier alpha value is -0.120. The van der Waals surface area contributed by atoms with Crippen molar-refractivity contribution in [2.75, 3.05) is 26.8 Å². The molecule has 0 spiro atoms. The van der Waals surface area contributed by atoms with Crippen LogP contribution < -0.4 is 0 Å². The fourth-order valence-electron chi connectivity index (χ4n) is 1.27. The van der Waals surface area contributed by atoms with Gasteiger partial charge in [0.1, 0.15) is 0 Å². The third-order valence-corrected chi connectivity index (χ3v) is 2.09. The molecule has 0 saturated carbocycles. The first-order valence-electron chi connectivity index (χ1n) is 3.76. The van der Waals surface area contributed by atoms with Crippen molar-refractivity contribution in [2.45, 2.75) is 12.8 Å². The van der Waals surface area contributed by atoms with Crippen LogP contribution in [0, 0.1) is 5.92 Å². The minimum absolute atomic E-state index is 0.331. The quantitative estimate of drug-likeness (QED) is 0.604. The summed E-state index contributed by atoms with van der Waals surface area (Å²) < 4.78 is 0. The van der Waals surface area contributed by atoms with Gasteiger partial charge in [0.2, 0.25) is 0 Å². The van der Waals surface area contributed by atoms with Crippen molar-refractivity contribution >= 4 is 0 Å². The average molecular weight is 145 g/mol. The number of aliphatic hydroxyl groups excluding tert-OH is 1. The Morgan fingerprint density at radius 2 is 2.10 bits per heavy atom. The lowest BCUT2D eigenvalue weighted by atomic mass is 9.99. The van der Waals surface area contributed by atoms with Crippen LogP contribution in [0.2, 0.25) is 0 Å². The molecule has 10 heavy (non-hydrogen) atoms. The predicted octanol–water partition coefficient (Wildman–Crippen LogP) is 0.252. The van der Waals surface area contributed by atoms with Crippen molar-refractivity contribution in [2.24, 2.45) is 5.92 Å². The van der Waals surface area contributed by atoms with E-state index < -0.39 is 0 Å². The first-order valence-corrected chi connectivity index (χ1v) is 3.76. The molecule has 1 rings (SSSR count). The molecule has 0 unspecified atom stereocenters. The highest BCUT2D eigenvalue weighted by Gasteiger charge is 2.17. The maximum Gasteiger partial charge on any atom is 0.0575 e. The highest BCUT2D eigenvalue weighted by atomic mass is 16.7. The number of hydrogen-bond acceptors (Lipinski definition) is 3. The van der Waals surface area contributed by atoms with Gasteiger partial charge in [-0.15, -0.1) is 0 Å². The highest BCUT2D eigenvalue weighted by Crippen LogP contribution is 2.15. The number of nitrogens with zero attached hydrogens (tertiary/aromatic N) is 1. The second kappa shape index (κ2) is 3.91. The van der Waals surface area contributed by atoms with Crippen molar-refractivity contribution in [3.8, 4) is 0 Å². The Morgan fingerprint density at radius 3 is 2.50 bits per heavy atom. The van der Waals surface area contributed by atoms with Crippen LogP contribution in [-0.2, 0) is 4.84 Å². The molecule has 0 amide bonds. The van der Waals surface area contributed by atoms with Crippen molar-refractivity contribution in [3.63, 3.8) is 0 Å². The molecular formula is C7H15NO2. The van der Waals surface area contributed by atoms with Gasteiger partial charge in [-0.1, -0.05) is 0 Å². The number of piperidine rings is 1. The predicted molar refractivity (Wildman–Crippen MR) is 38.4 cm³/mol. The molecule has 0 aromatic carbocycles. The van der Waals surface area contributed by atoms with Gasteiger partial charge in [0.05, 0.1) is 7.11 Å². The van der Waals surface area contributed by atoms with Gasteiger partial charge in [0.25, 0.3) is 0 Å². The van der Waals surface area contributed by atoms with Crippen LogP contribution in [0.1, 0.15) is 12.8 Å². The van der Waals surface area contributed by atoms with E-state index in [0.29, 0.717) is 12.5 Å². The fraction of sp³-hybridized carbons (Fsp3) is 1.00. The smallest absolute Gasteiger partial charge is 0.0575 e. The first-order chi connectivity index (χ1) is 4.86. The van der Waals surface area contributed by atoms with Crippen molar-refractivity contribution < 1.29 is 9.94 Å². The lowest BCUT2D eigenvalue weighted by molar-refractivity contribution is -0.149. The van der Waals surface area contributed by atoms with Gasteiger partial charge in [-0.3, -0.25) is 0 Å². The number of aliphatic hydroxyl groups is 1. The van der Waals surface area contributed by atoms with Crippen LogP contribution in [0.3, 0.4) is 0 Å². The second-order valence-corrected chi connectivity index (χ2v) is 2.74. The minimum Gasteiger partial charge on any atom is -0.396 e. The zero-order chi connectivity index (χ0) is 7.40. The Balaban J connectivity index is 2.17. The summed E-state index contributed by atoms with van der Waals surface area (Å²) in [5, 5.41) is 10.7. The molecule has 1 N–H and O–H groups in total. The summed E-state index contributed by atoms with van der Waals surface area (Å²) in [6, 6.07) is 0. The van der Waals surface area contributed by atoms with Crippen molar-refractivity contribution in [1.29, 1.82) is 0 Å². The Kier molecular flexibility index (Phi) is 3.12. The van der Waals surface area contributed by atoms with Gasteiger partial charge < -0.3 is 9.94 Å². The molecule has 0 radical (unpaired) electrons. The van der Waals surface area contributed by atoms with Crippen LogP contribution in [0.5, 0.6) is 0 Å². The minimum atomic E-state index is 0.331. The van der Waals surface area contributed by atoms with Gasteiger partial charge in [-0.25, -0.2) is 0 Å². The van der Waals surface area contributed by atoms with Crippen molar-refractivity contribution in [3.05, 3.63) is 0 Å². The summed E-state index contributed by atoms with van der Waals surface area (Å²) in [5.74, 6) is 0.506. The molecule has 1 heterocycles. The topological polar surface area (TPSA) is 32.7 Å². The zero-order valence-electron chi connectivity index (χ0n) is 6.42. The van der Waals surface area contributed by atoms with E-state index in [2.05, 4.69) is 0 Å². The van der Waals surface area contributed by atoms with Gasteiger partial charge in [0, 0.05) is 19.7 Å². The molecule has 1 saturated heterocycles. The standard InChI is InChI=1S/C7H15NO2/c1-10-8-4-2-7(6-9)3-5-8/h7,9H,2-6H2,1H3. The summed E-state index contributed by atoms with van der Waals surface area (Å²) in [7, 11) is 1.69. The monoisotopic (exact) mass is 145 g/mol. The van der Waals surface area contributed by atoms with Gasteiger partial charge in [-0.05, 0) is 18.8 Å². The maximum absolute atomic E-state index is 8.79. The summed E-state index contributed by atoms with van der Waals surface area (Å²) in [4.78, 5) is 5.04. The Morgan fingerprint density at radius 1 is 1.50 bits per heavy atom. The van der Waals surface area contributed by atoms with E-state index in [1.165, 1.54) is 0 Å². The first kappa shape index (κ1) is 7.98. The van der Waals surface area contributed by atoms with E-state index in [0.717, 1.165) is 25.9 Å². The molecule has 60 valence electrons. The number of hydroxylamine groups is 2. The molecular weight excluding hydrogens is 130 g/mol. The average Bonchev–Trinajstić information content (AvgIpc) is 2.05. The zero-order valence-corrected chi connectivity index (χ0v) is 6.42. The number of hydrogen-bond donors (Lipinski definition) is 1. The molecule has 3 nitrogen and oxygen atoms in total. The Labute approximate surface area is 61.5 Å². The van der Waals surface area contributed by atoms with E-state index in [9.17, 15) is 0 Å². The molecule has 1 aliphatic heterocycles. The third kappa shape index (κ3) is 1.94.